The largest absolute Gasteiger partial charge is 0.493 e. The van der Waals surface area contributed by atoms with Crippen molar-refractivity contribution in [1.29, 1.82) is 0 Å². The van der Waals surface area contributed by atoms with Gasteiger partial charge in [0.1, 0.15) is 61.5 Å². The van der Waals surface area contributed by atoms with Gasteiger partial charge in [0.05, 0.1) is 27.4 Å². The molecule has 5 heterocycles. The second kappa shape index (κ2) is 24.0. The average Bonchev–Trinajstić information content (AvgIpc) is 4.39. The van der Waals surface area contributed by atoms with E-state index in [2.05, 4.69) is 64.6 Å². The molecule has 4 aromatic carbocycles. The Morgan fingerprint density at radius 1 is 0.597 bits per heavy atom. The summed E-state index contributed by atoms with van der Waals surface area (Å²) in [6.07, 6.45) is 7.17. The van der Waals surface area contributed by atoms with Gasteiger partial charge in [-0.3, -0.25) is 19.6 Å². The van der Waals surface area contributed by atoms with Gasteiger partial charge in [0.2, 0.25) is 0 Å². The van der Waals surface area contributed by atoms with Gasteiger partial charge in [0.25, 0.3) is 11.8 Å². The quantitative estimate of drug-likeness (QED) is 0.0698. The summed E-state index contributed by atoms with van der Waals surface area (Å²) in [5.74, 6) is 4.82. The molecule has 404 valence electrons. The van der Waals surface area contributed by atoms with E-state index in [1.54, 1.807) is 54.5 Å². The first kappa shape index (κ1) is 53.2. The number of aliphatic hydroxyl groups is 2. The van der Waals surface area contributed by atoms with Crippen molar-refractivity contribution in [2.24, 2.45) is 0 Å². The molecule has 2 amide bonds. The van der Waals surface area contributed by atoms with Crippen molar-refractivity contribution in [3.8, 4) is 34.5 Å². The molecule has 16 heteroatoms. The summed E-state index contributed by atoms with van der Waals surface area (Å²) in [6.45, 7) is 7.47. The van der Waals surface area contributed by atoms with Crippen LogP contribution in [0.2, 0.25) is 0 Å². The number of aliphatic hydroxyl groups excluding tert-OH is 2. The van der Waals surface area contributed by atoms with Crippen molar-refractivity contribution in [3.05, 3.63) is 166 Å². The number of rotatable bonds is 21. The molecule has 2 N–H and O–H groups in total. The Labute approximate surface area is 449 Å². The van der Waals surface area contributed by atoms with Crippen molar-refractivity contribution in [2.45, 2.75) is 94.4 Å². The highest BCUT2D eigenvalue weighted by Gasteiger charge is 2.36. The van der Waals surface area contributed by atoms with Crippen LogP contribution in [0.25, 0.3) is 0 Å². The summed E-state index contributed by atoms with van der Waals surface area (Å²) >= 11 is 0. The number of aromatic nitrogens is 2. The molecule has 3 aliphatic heterocycles. The number of nitrogens with zero attached hydrogens (tertiary/aromatic N) is 4. The lowest BCUT2D eigenvalue weighted by atomic mass is 9.91. The van der Waals surface area contributed by atoms with Crippen molar-refractivity contribution in [1.82, 2.24) is 19.8 Å². The summed E-state index contributed by atoms with van der Waals surface area (Å²) in [7, 11) is 3.29. The van der Waals surface area contributed by atoms with E-state index in [0.717, 1.165) is 34.1 Å². The fraction of sp³-hybridized carbons (Fsp3) is 0.410. The van der Waals surface area contributed by atoms with Crippen LogP contribution in [0.15, 0.2) is 122 Å². The number of pyridine rings is 2. The van der Waals surface area contributed by atoms with E-state index >= 15 is 0 Å². The van der Waals surface area contributed by atoms with E-state index in [1.807, 2.05) is 44.2 Å². The molecule has 77 heavy (non-hydrogen) atoms. The van der Waals surface area contributed by atoms with E-state index in [-0.39, 0.29) is 42.1 Å². The number of carbonyl (C=O) groups excluding carboxylic acids is 2. The minimum absolute atomic E-state index is 0.0613. The van der Waals surface area contributed by atoms with Crippen LogP contribution in [-0.4, -0.2) is 127 Å². The molecule has 2 saturated carbocycles. The van der Waals surface area contributed by atoms with Crippen LogP contribution in [-0.2, 0) is 22.7 Å². The van der Waals surface area contributed by atoms with Gasteiger partial charge in [0, 0.05) is 62.5 Å². The fourth-order valence-electron chi connectivity index (χ4n) is 9.59. The minimum Gasteiger partial charge on any atom is -0.493 e. The average molecular weight is 1050 g/mol. The van der Waals surface area contributed by atoms with Crippen LogP contribution in [0.4, 0.5) is 0 Å². The van der Waals surface area contributed by atoms with Crippen molar-refractivity contribution in [3.63, 3.8) is 0 Å². The van der Waals surface area contributed by atoms with Crippen LogP contribution in [0.3, 0.4) is 0 Å². The molecule has 2 atom stereocenters. The topological polar surface area (TPSA) is 181 Å². The van der Waals surface area contributed by atoms with Crippen molar-refractivity contribution in [2.75, 3.05) is 66.8 Å². The van der Waals surface area contributed by atoms with Gasteiger partial charge in [0.15, 0.2) is 28.8 Å². The zero-order valence-corrected chi connectivity index (χ0v) is 44.2. The SMILES string of the molecule is COc1cc(C2CN(C(=O)c3cc(OC[C@H](O)CO)ccn3)C2)ccc1OCc1ccc(C2CC2)cc1.COc1cc(C2CN(C(=O)c3cc(OC[C@H]4COC(C)(C)O4)ccn3)C2)ccc1OCc1ccc(C2CC2)cc1. The molecule has 5 aliphatic rings. The van der Waals surface area contributed by atoms with Gasteiger partial charge in [-0.1, -0.05) is 60.7 Å². The van der Waals surface area contributed by atoms with Gasteiger partial charge in [-0.15, -0.1) is 0 Å². The van der Waals surface area contributed by atoms with Gasteiger partial charge >= 0.3 is 0 Å². The Balaban J connectivity index is 0.000000175. The maximum absolute atomic E-state index is 13.1. The van der Waals surface area contributed by atoms with Gasteiger partial charge in [-0.05, 0) is 121 Å². The van der Waals surface area contributed by atoms with E-state index in [4.69, 9.17) is 43.0 Å². The molecule has 0 unspecified atom stereocenters. The van der Waals surface area contributed by atoms with Crippen molar-refractivity contribution >= 4 is 11.8 Å². The van der Waals surface area contributed by atoms with Crippen LogP contribution in [0.1, 0.15) is 118 Å². The van der Waals surface area contributed by atoms with Gasteiger partial charge in [-0.2, -0.15) is 0 Å². The first-order valence-corrected chi connectivity index (χ1v) is 26.6. The highest BCUT2D eigenvalue weighted by molar-refractivity contribution is 5.94. The van der Waals surface area contributed by atoms with Gasteiger partial charge in [-0.25, -0.2) is 0 Å². The second-order valence-electron chi connectivity index (χ2n) is 20.9. The first-order valence-electron chi connectivity index (χ1n) is 26.6. The standard InChI is InChI=1S/C32H36N2O6.C29H32N2O6/c1-32(2)39-20-27(40-32)19-37-26-12-13-33-28(15-26)31(35)34-16-25(17-34)24-10-11-29(30(14-24)36-3)38-18-21-4-6-22(7-5-21)23-8-9-23;1-35-28-12-22(8-9-27(28)37-17-19-2-4-20(5-3-19)21-6-7-21)23-14-31(15-23)29(34)26-13-25(10-11-30-26)36-18-24(33)16-32/h4-7,10-15,23,25,27H,8-9,16-20H2,1-3H3;2-5,8-13,21,23-24,32-33H,6-7,14-18H2,1H3/t27-;24-/m01/s1. The summed E-state index contributed by atoms with van der Waals surface area (Å²) in [4.78, 5) is 37.9. The van der Waals surface area contributed by atoms with Crippen LogP contribution in [0.5, 0.6) is 34.5 Å². The lowest BCUT2D eigenvalue weighted by Gasteiger charge is -2.39. The Hall–Kier alpha value is -7.24. The monoisotopic (exact) mass is 1050 g/mol. The van der Waals surface area contributed by atoms with Gasteiger partial charge < -0.3 is 57.9 Å². The Kier molecular flexibility index (Phi) is 16.6. The van der Waals surface area contributed by atoms with E-state index < -0.39 is 18.5 Å². The molecule has 3 saturated heterocycles. The summed E-state index contributed by atoms with van der Waals surface area (Å²) in [5.41, 5.74) is 7.94. The second-order valence-corrected chi connectivity index (χ2v) is 20.9. The zero-order valence-electron chi connectivity index (χ0n) is 44.2. The predicted octanol–water partition coefficient (Wildman–Crippen LogP) is 8.83. The number of amides is 2. The lowest BCUT2D eigenvalue weighted by Crippen LogP contribution is -2.48. The number of likely N-dealkylation sites (tertiary alicyclic amines) is 2. The molecule has 6 aromatic rings. The minimum atomic E-state index is -0.976. The molecule has 2 aliphatic carbocycles. The van der Waals surface area contributed by atoms with E-state index in [1.165, 1.54) is 43.0 Å². The Bertz CT molecular complexity index is 2970. The number of hydrogen-bond acceptors (Lipinski definition) is 14. The highest BCUT2D eigenvalue weighted by Crippen LogP contribution is 2.42. The Morgan fingerprint density at radius 3 is 1.47 bits per heavy atom. The molecule has 11 rings (SSSR count). The van der Waals surface area contributed by atoms with Crippen LogP contribution < -0.4 is 28.4 Å². The molecule has 0 bridgehead atoms. The lowest BCUT2D eigenvalue weighted by molar-refractivity contribution is -0.141. The van der Waals surface area contributed by atoms with E-state index in [9.17, 15) is 14.7 Å². The maximum atomic E-state index is 13.1. The maximum Gasteiger partial charge on any atom is 0.272 e. The number of hydrogen-bond donors (Lipinski definition) is 2. The molecule has 0 radical (unpaired) electrons. The smallest absolute Gasteiger partial charge is 0.272 e. The third-order valence-corrected chi connectivity index (χ3v) is 14.6. The molecule has 5 fully saturated rings. The van der Waals surface area contributed by atoms with Crippen molar-refractivity contribution < 1.29 is 57.7 Å². The fourth-order valence-corrected chi connectivity index (χ4v) is 9.59. The van der Waals surface area contributed by atoms with Crippen LogP contribution >= 0.6 is 0 Å². The summed E-state index contributed by atoms with van der Waals surface area (Å²) in [5, 5.41) is 18.4. The molecule has 16 nitrogen and oxygen atoms in total. The number of ether oxygens (including phenoxy) is 8. The Morgan fingerprint density at radius 2 is 1.05 bits per heavy atom. The molecular formula is C61H68N4O12. The third-order valence-electron chi connectivity index (χ3n) is 14.6. The third kappa shape index (κ3) is 13.7. The number of benzene rings is 4. The summed E-state index contributed by atoms with van der Waals surface area (Å²) in [6, 6.07) is 35.9. The number of carbonyl (C=O) groups is 2. The van der Waals surface area contributed by atoms with E-state index in [0.29, 0.717) is 92.8 Å². The zero-order chi connectivity index (χ0) is 53.5. The first-order chi connectivity index (χ1) is 37.4. The normalized spacial score (nSPS) is 18.2. The highest BCUT2D eigenvalue weighted by atomic mass is 16.7. The van der Waals surface area contributed by atoms with Crippen LogP contribution in [0, 0.1) is 0 Å². The molecular weight excluding hydrogens is 981 g/mol. The predicted molar refractivity (Wildman–Crippen MR) is 286 cm³/mol. The molecule has 0 spiro atoms. The summed E-state index contributed by atoms with van der Waals surface area (Å²) < 4.78 is 46.0. The number of methoxy groups -OCH3 is 2. The molecule has 2 aromatic heterocycles.